The van der Waals surface area contributed by atoms with E-state index in [1.54, 1.807) is 12.1 Å². The van der Waals surface area contributed by atoms with Crippen LogP contribution in [0.25, 0.3) is 0 Å². The smallest absolute Gasteiger partial charge is 0.496 e. The fourth-order valence-corrected chi connectivity index (χ4v) is 1.45. The zero-order chi connectivity index (χ0) is 21.5. The van der Waals surface area contributed by atoms with Gasteiger partial charge in [0.1, 0.15) is 17.2 Å². The Bertz CT molecular complexity index is 509. The summed E-state index contributed by atoms with van der Waals surface area (Å²) >= 11 is 0. The Kier molecular flexibility index (Phi) is 14.4. The Labute approximate surface area is 156 Å². The van der Waals surface area contributed by atoms with E-state index in [0.29, 0.717) is 29.1 Å². The molecule has 1 aromatic rings. The molecular weight excluding hydrogens is 368 g/mol. The van der Waals surface area contributed by atoms with Crippen LogP contribution in [0.15, 0.2) is 12.1 Å². The van der Waals surface area contributed by atoms with Crippen LogP contribution < -0.4 is 14.2 Å². The largest absolute Gasteiger partial charge is 0.503 e. The van der Waals surface area contributed by atoms with Gasteiger partial charge in [-0.15, -0.1) is 0 Å². The lowest BCUT2D eigenvalue weighted by Crippen LogP contribution is -2.37. The molecule has 0 unspecified atom stereocenters. The summed E-state index contributed by atoms with van der Waals surface area (Å²) in [6, 6.07) is 3.26. The summed E-state index contributed by atoms with van der Waals surface area (Å²) in [4.78, 5) is 19.3. The molecule has 0 aliphatic carbocycles. The fourth-order valence-electron chi connectivity index (χ4n) is 1.45. The Balaban J connectivity index is 0. The summed E-state index contributed by atoms with van der Waals surface area (Å²) in [5.41, 5.74) is -0.726. The second-order valence-corrected chi connectivity index (χ2v) is 4.98. The number of carboxylic acid groups (broad SMARTS) is 2. The molecular formula is C16H26O11. The van der Waals surface area contributed by atoms with Gasteiger partial charge in [0.05, 0.1) is 58.7 Å². The van der Waals surface area contributed by atoms with Crippen LogP contribution in [-0.2, 0) is 0 Å². The molecule has 0 saturated heterocycles. The van der Waals surface area contributed by atoms with Gasteiger partial charge in [-0.25, -0.2) is 4.79 Å². The molecule has 0 fully saturated rings. The maximum absolute atomic E-state index is 10.8. The first kappa shape index (κ1) is 26.6. The van der Waals surface area contributed by atoms with E-state index in [2.05, 4.69) is 0 Å². The molecule has 6 N–H and O–H groups in total. The summed E-state index contributed by atoms with van der Waals surface area (Å²) in [5, 5.41) is 47.9. The Morgan fingerprint density at radius 2 is 1.22 bits per heavy atom. The van der Waals surface area contributed by atoms with Gasteiger partial charge in [0, 0.05) is 12.1 Å². The van der Waals surface area contributed by atoms with E-state index < -0.39 is 38.0 Å². The van der Waals surface area contributed by atoms with Gasteiger partial charge >= 0.3 is 6.16 Å². The molecule has 11 nitrogen and oxygen atoms in total. The van der Waals surface area contributed by atoms with E-state index >= 15 is 0 Å². The van der Waals surface area contributed by atoms with Gasteiger partial charge < -0.3 is 44.8 Å². The molecule has 0 atom stereocenters. The predicted molar refractivity (Wildman–Crippen MR) is 92.9 cm³/mol. The Hall–Kier alpha value is -2.60. The number of aldehydes is 1. The van der Waals surface area contributed by atoms with Crippen molar-refractivity contribution in [2.75, 3.05) is 47.8 Å². The number of hydrogen-bond donors (Lipinski definition) is 6. The van der Waals surface area contributed by atoms with Crippen LogP contribution in [0.5, 0.6) is 17.2 Å². The second-order valence-electron chi connectivity index (χ2n) is 4.98. The van der Waals surface area contributed by atoms with Crippen molar-refractivity contribution in [2.24, 2.45) is 5.41 Å². The monoisotopic (exact) mass is 394 g/mol. The van der Waals surface area contributed by atoms with E-state index in [0.717, 1.165) is 0 Å². The van der Waals surface area contributed by atoms with Crippen LogP contribution in [0.2, 0.25) is 0 Å². The quantitative estimate of drug-likeness (QED) is 0.318. The van der Waals surface area contributed by atoms with Crippen molar-refractivity contribution < 1.29 is 54.4 Å². The lowest BCUT2D eigenvalue weighted by atomic mass is 9.93. The third-order valence-corrected chi connectivity index (χ3v) is 3.21. The number of rotatable bonds is 8. The van der Waals surface area contributed by atoms with Crippen LogP contribution in [0, 0.1) is 5.41 Å². The summed E-state index contributed by atoms with van der Waals surface area (Å²) < 4.78 is 15.1. The highest BCUT2D eigenvalue weighted by molar-refractivity contribution is 5.84. The van der Waals surface area contributed by atoms with Gasteiger partial charge in [-0.3, -0.25) is 4.79 Å². The molecule has 0 spiro atoms. The molecule has 0 aromatic heterocycles. The van der Waals surface area contributed by atoms with E-state index in [1.165, 1.54) is 21.3 Å². The van der Waals surface area contributed by atoms with Gasteiger partial charge in [0.25, 0.3) is 0 Å². The molecule has 156 valence electrons. The zero-order valence-electron chi connectivity index (χ0n) is 15.3. The lowest BCUT2D eigenvalue weighted by molar-refractivity contribution is -0.0328. The average molecular weight is 394 g/mol. The van der Waals surface area contributed by atoms with Crippen molar-refractivity contribution in [1.82, 2.24) is 0 Å². The molecule has 0 heterocycles. The van der Waals surface area contributed by atoms with Crippen LogP contribution >= 0.6 is 0 Å². The van der Waals surface area contributed by atoms with Gasteiger partial charge in [-0.1, -0.05) is 0 Å². The normalized spacial score (nSPS) is 9.74. The highest BCUT2D eigenvalue weighted by Crippen LogP contribution is 2.32. The van der Waals surface area contributed by atoms with E-state index in [-0.39, 0.29) is 0 Å². The topological polar surface area (TPSA) is 183 Å². The number of benzene rings is 1. The molecule has 0 bridgehead atoms. The van der Waals surface area contributed by atoms with Crippen LogP contribution in [-0.4, -0.2) is 90.8 Å². The first-order chi connectivity index (χ1) is 12.7. The standard InChI is InChI=1S/C10H12O4.C5H12O4.CH2O3/c1-12-7-4-9(13-2)8(6-11)10(5-7)14-3;6-1-5(2-7,3-8)4-9;2-1(3)4/h4-6H,1-3H3;6-9H,1-4H2;(H2,2,3,4). The fraction of sp³-hybridized carbons (Fsp3) is 0.500. The summed E-state index contributed by atoms with van der Waals surface area (Å²) in [5.74, 6) is 1.47. The summed E-state index contributed by atoms with van der Waals surface area (Å²) in [7, 11) is 4.51. The van der Waals surface area contributed by atoms with Crippen LogP contribution in [0.1, 0.15) is 10.4 Å². The third kappa shape index (κ3) is 9.61. The van der Waals surface area contributed by atoms with Crippen molar-refractivity contribution in [3.05, 3.63) is 17.7 Å². The predicted octanol–water partition coefficient (Wildman–Crippen LogP) is -0.311. The number of carbonyl (C=O) groups excluding carboxylic acids is 1. The number of aliphatic hydroxyl groups is 4. The molecule has 1 rings (SSSR count). The van der Waals surface area contributed by atoms with Gasteiger partial charge in [-0.2, -0.15) is 0 Å². The van der Waals surface area contributed by atoms with Crippen LogP contribution in [0.3, 0.4) is 0 Å². The van der Waals surface area contributed by atoms with Crippen molar-refractivity contribution in [1.29, 1.82) is 0 Å². The third-order valence-electron chi connectivity index (χ3n) is 3.21. The maximum Gasteiger partial charge on any atom is 0.503 e. The minimum Gasteiger partial charge on any atom is -0.496 e. The van der Waals surface area contributed by atoms with E-state index in [4.69, 9.17) is 49.6 Å². The molecule has 0 saturated carbocycles. The zero-order valence-corrected chi connectivity index (χ0v) is 15.3. The Morgan fingerprint density at radius 3 is 1.37 bits per heavy atom. The number of ether oxygens (including phenoxy) is 3. The number of methoxy groups -OCH3 is 3. The maximum atomic E-state index is 10.8. The number of aliphatic hydroxyl groups excluding tert-OH is 4. The molecule has 0 amide bonds. The highest BCUT2D eigenvalue weighted by Gasteiger charge is 2.26. The van der Waals surface area contributed by atoms with Gasteiger partial charge in [0.2, 0.25) is 0 Å². The van der Waals surface area contributed by atoms with Crippen LogP contribution in [0.4, 0.5) is 4.79 Å². The minimum atomic E-state index is -1.83. The lowest BCUT2D eigenvalue weighted by Gasteiger charge is -2.23. The van der Waals surface area contributed by atoms with Gasteiger partial charge in [0.15, 0.2) is 6.29 Å². The summed E-state index contributed by atoms with van der Waals surface area (Å²) in [6.07, 6.45) is -1.14. The van der Waals surface area contributed by atoms with Crippen molar-refractivity contribution in [3.8, 4) is 17.2 Å². The van der Waals surface area contributed by atoms with Crippen molar-refractivity contribution in [3.63, 3.8) is 0 Å². The first-order valence-electron chi connectivity index (χ1n) is 7.35. The average Bonchev–Trinajstić information content (AvgIpc) is 2.69. The van der Waals surface area contributed by atoms with Crippen molar-refractivity contribution in [2.45, 2.75) is 0 Å². The van der Waals surface area contributed by atoms with E-state index in [9.17, 15) is 4.79 Å². The van der Waals surface area contributed by atoms with Gasteiger partial charge in [-0.05, 0) is 0 Å². The molecule has 11 heteroatoms. The molecule has 27 heavy (non-hydrogen) atoms. The minimum absolute atomic E-state index is 0.385. The van der Waals surface area contributed by atoms with E-state index in [1.807, 2.05) is 0 Å². The van der Waals surface area contributed by atoms with Crippen molar-refractivity contribution >= 4 is 12.4 Å². The second kappa shape index (κ2) is 14.6. The molecule has 0 radical (unpaired) electrons. The molecule has 0 aliphatic rings. The molecule has 0 aliphatic heterocycles. The molecule has 1 aromatic carbocycles. The first-order valence-corrected chi connectivity index (χ1v) is 7.35. The SMILES string of the molecule is COc1cc(OC)c(C=O)c(OC)c1.O=C(O)O.OCC(CO)(CO)CO. The number of hydrogen-bond acceptors (Lipinski definition) is 9. The Morgan fingerprint density at radius 1 is 0.889 bits per heavy atom. The number of carbonyl (C=O) groups is 2. The summed E-state index contributed by atoms with van der Waals surface area (Å²) in [6.45, 7) is -1.62. The highest BCUT2D eigenvalue weighted by atomic mass is 16.6.